The summed E-state index contributed by atoms with van der Waals surface area (Å²) in [6.07, 6.45) is 2.55. The molecule has 1 saturated heterocycles. The number of nitrogens with two attached hydrogens (primary N) is 1. The zero-order valence-electron chi connectivity index (χ0n) is 15.7. The van der Waals surface area contributed by atoms with Gasteiger partial charge in [0.2, 0.25) is 0 Å². The highest BCUT2D eigenvalue weighted by Gasteiger charge is 2.35. The van der Waals surface area contributed by atoms with E-state index in [-0.39, 0.29) is 17.4 Å². The lowest BCUT2D eigenvalue weighted by Crippen LogP contribution is -2.54. The first-order chi connectivity index (χ1) is 12.3. The lowest BCUT2D eigenvalue weighted by atomic mass is 9.79. The fourth-order valence-electron chi connectivity index (χ4n) is 3.23. The normalized spacial score (nSPS) is 19.2. The lowest BCUT2D eigenvalue weighted by molar-refractivity contribution is 0.0533. The van der Waals surface area contributed by atoms with Crippen LogP contribution in [0.1, 0.15) is 41.9 Å². The smallest absolute Gasteiger partial charge is 0.253 e. The first-order valence-electron chi connectivity index (χ1n) is 9.04. The number of pyridine rings is 1. The Bertz CT molecular complexity index is 771. The van der Waals surface area contributed by atoms with Gasteiger partial charge in [-0.2, -0.15) is 0 Å². The molecule has 0 radical (unpaired) electrons. The first kappa shape index (κ1) is 18.4. The van der Waals surface area contributed by atoms with Gasteiger partial charge in [0, 0.05) is 30.4 Å². The molecule has 138 valence electrons. The molecule has 0 bridgehead atoms. The maximum absolute atomic E-state index is 12.9. The van der Waals surface area contributed by atoms with Crippen LogP contribution in [0.15, 0.2) is 42.6 Å². The fourth-order valence-corrected chi connectivity index (χ4v) is 3.23. The number of carbonyl (C=O) groups is 1. The zero-order valence-corrected chi connectivity index (χ0v) is 15.7. The average molecular weight is 353 g/mol. The second kappa shape index (κ2) is 7.46. The molecule has 2 N–H and O–H groups in total. The Morgan fingerprint density at radius 2 is 2.15 bits per heavy atom. The van der Waals surface area contributed by atoms with E-state index >= 15 is 0 Å². The number of amides is 1. The third kappa shape index (κ3) is 4.22. The van der Waals surface area contributed by atoms with Gasteiger partial charge in [0.15, 0.2) is 0 Å². The molecule has 0 aliphatic carbocycles. The summed E-state index contributed by atoms with van der Waals surface area (Å²) in [4.78, 5) is 19.0. The van der Waals surface area contributed by atoms with Crippen LogP contribution >= 0.6 is 0 Å². The van der Waals surface area contributed by atoms with Gasteiger partial charge >= 0.3 is 0 Å². The van der Waals surface area contributed by atoms with Crippen molar-refractivity contribution in [3.05, 3.63) is 59.4 Å². The Kier molecular flexibility index (Phi) is 5.28. The molecule has 1 fully saturated rings. The van der Waals surface area contributed by atoms with Gasteiger partial charge in [-0.05, 0) is 48.6 Å². The summed E-state index contributed by atoms with van der Waals surface area (Å²) in [6, 6.07) is 11.6. The van der Waals surface area contributed by atoms with Crippen LogP contribution < -0.4 is 10.5 Å². The number of benzene rings is 1. The maximum Gasteiger partial charge on any atom is 0.253 e. The minimum absolute atomic E-state index is 0.0591. The molecule has 0 saturated carbocycles. The molecular weight excluding hydrogens is 326 g/mol. The van der Waals surface area contributed by atoms with Gasteiger partial charge in [0.05, 0.1) is 6.20 Å². The standard InChI is InChI=1S/C21H27N3O2/c1-15-7-8-18(12-23-15)26-13-16-5-4-6-17(11-16)20(25)24-10-9-19(22)21(2,3)14-24/h4-8,11-12,19H,9-10,13-14,22H2,1-3H3. The number of likely N-dealkylation sites (tertiary alicyclic amines) is 1. The van der Waals surface area contributed by atoms with Crippen molar-refractivity contribution in [2.75, 3.05) is 13.1 Å². The van der Waals surface area contributed by atoms with Gasteiger partial charge in [0.25, 0.3) is 5.91 Å². The van der Waals surface area contributed by atoms with E-state index in [1.165, 1.54) is 0 Å². The monoisotopic (exact) mass is 353 g/mol. The van der Waals surface area contributed by atoms with E-state index in [4.69, 9.17) is 10.5 Å². The van der Waals surface area contributed by atoms with E-state index in [2.05, 4.69) is 18.8 Å². The molecule has 1 amide bonds. The molecule has 26 heavy (non-hydrogen) atoms. The zero-order chi connectivity index (χ0) is 18.7. The molecule has 5 nitrogen and oxygen atoms in total. The van der Waals surface area contributed by atoms with Crippen molar-refractivity contribution in [3.8, 4) is 5.75 Å². The second-order valence-electron chi connectivity index (χ2n) is 7.73. The summed E-state index contributed by atoms with van der Waals surface area (Å²) in [5.41, 5.74) is 8.73. The van der Waals surface area contributed by atoms with Gasteiger partial charge < -0.3 is 15.4 Å². The van der Waals surface area contributed by atoms with E-state index in [1.807, 2.05) is 48.2 Å². The number of rotatable bonds is 4. The molecule has 1 unspecified atom stereocenters. The number of aryl methyl sites for hydroxylation is 1. The number of piperidine rings is 1. The lowest BCUT2D eigenvalue weighted by Gasteiger charge is -2.42. The summed E-state index contributed by atoms with van der Waals surface area (Å²) >= 11 is 0. The third-order valence-electron chi connectivity index (χ3n) is 5.06. The van der Waals surface area contributed by atoms with Crippen molar-refractivity contribution >= 4 is 5.91 Å². The van der Waals surface area contributed by atoms with Gasteiger partial charge in [-0.3, -0.25) is 9.78 Å². The van der Waals surface area contributed by atoms with Gasteiger partial charge in [-0.1, -0.05) is 26.0 Å². The van der Waals surface area contributed by atoms with E-state index in [1.54, 1.807) is 6.20 Å². The number of carbonyl (C=O) groups excluding carboxylic acids is 1. The molecule has 1 aliphatic rings. The van der Waals surface area contributed by atoms with Crippen LogP contribution in [0.25, 0.3) is 0 Å². The van der Waals surface area contributed by atoms with Crippen LogP contribution in [0.4, 0.5) is 0 Å². The molecule has 2 heterocycles. The van der Waals surface area contributed by atoms with E-state index in [0.717, 1.165) is 23.4 Å². The van der Waals surface area contributed by atoms with Crippen molar-refractivity contribution in [1.29, 1.82) is 0 Å². The predicted octanol–water partition coefficient (Wildman–Crippen LogP) is 3.17. The molecule has 0 spiro atoms. The van der Waals surface area contributed by atoms with Crippen LogP contribution in [-0.4, -0.2) is 34.9 Å². The highest BCUT2D eigenvalue weighted by atomic mass is 16.5. The van der Waals surface area contributed by atoms with Crippen molar-refractivity contribution < 1.29 is 9.53 Å². The number of hydrogen-bond acceptors (Lipinski definition) is 4. The van der Waals surface area contributed by atoms with Crippen LogP contribution in [0.2, 0.25) is 0 Å². The van der Waals surface area contributed by atoms with Crippen LogP contribution in [0.3, 0.4) is 0 Å². The molecule has 1 atom stereocenters. The van der Waals surface area contributed by atoms with Gasteiger partial charge in [-0.15, -0.1) is 0 Å². The number of nitrogens with zero attached hydrogens (tertiary/aromatic N) is 2. The fraction of sp³-hybridized carbons (Fsp3) is 0.429. The van der Waals surface area contributed by atoms with E-state index in [0.29, 0.717) is 25.3 Å². The minimum Gasteiger partial charge on any atom is -0.487 e. The quantitative estimate of drug-likeness (QED) is 0.917. The maximum atomic E-state index is 12.9. The molecule has 1 aliphatic heterocycles. The van der Waals surface area contributed by atoms with Crippen LogP contribution in [0.5, 0.6) is 5.75 Å². The second-order valence-corrected chi connectivity index (χ2v) is 7.73. The van der Waals surface area contributed by atoms with Crippen molar-refractivity contribution in [2.24, 2.45) is 11.1 Å². The summed E-state index contributed by atoms with van der Waals surface area (Å²) in [6.45, 7) is 7.98. The van der Waals surface area contributed by atoms with Crippen molar-refractivity contribution in [3.63, 3.8) is 0 Å². The van der Waals surface area contributed by atoms with Gasteiger partial charge in [-0.25, -0.2) is 0 Å². The number of ether oxygens (including phenoxy) is 1. The Morgan fingerprint density at radius 3 is 2.85 bits per heavy atom. The van der Waals surface area contributed by atoms with Crippen LogP contribution in [-0.2, 0) is 6.61 Å². The summed E-state index contributed by atoms with van der Waals surface area (Å²) in [5.74, 6) is 0.780. The molecule has 1 aromatic carbocycles. The topological polar surface area (TPSA) is 68.5 Å². The molecule has 1 aromatic heterocycles. The molecular formula is C21H27N3O2. The summed E-state index contributed by atoms with van der Waals surface area (Å²) in [7, 11) is 0. The van der Waals surface area contributed by atoms with E-state index in [9.17, 15) is 4.79 Å². The SMILES string of the molecule is Cc1ccc(OCc2cccc(C(=O)N3CCC(N)C(C)(C)C3)c2)cn1. The Morgan fingerprint density at radius 1 is 1.35 bits per heavy atom. The van der Waals surface area contributed by atoms with E-state index < -0.39 is 0 Å². The highest BCUT2D eigenvalue weighted by molar-refractivity contribution is 5.94. The third-order valence-corrected chi connectivity index (χ3v) is 5.06. The van der Waals surface area contributed by atoms with Gasteiger partial charge in [0.1, 0.15) is 12.4 Å². The summed E-state index contributed by atoms with van der Waals surface area (Å²) < 4.78 is 5.77. The number of aromatic nitrogens is 1. The average Bonchev–Trinajstić information content (AvgIpc) is 2.63. The van der Waals surface area contributed by atoms with Crippen molar-refractivity contribution in [1.82, 2.24) is 9.88 Å². The molecule has 5 heteroatoms. The molecule has 3 rings (SSSR count). The molecule has 2 aromatic rings. The van der Waals surface area contributed by atoms with Crippen molar-refractivity contribution in [2.45, 2.75) is 39.8 Å². The first-order valence-corrected chi connectivity index (χ1v) is 9.04. The Balaban J connectivity index is 1.66. The minimum atomic E-state index is -0.0624. The highest BCUT2D eigenvalue weighted by Crippen LogP contribution is 2.28. The Labute approximate surface area is 155 Å². The Hall–Kier alpha value is -2.40. The summed E-state index contributed by atoms with van der Waals surface area (Å²) in [5, 5.41) is 0. The largest absolute Gasteiger partial charge is 0.487 e. The predicted molar refractivity (Wildman–Crippen MR) is 102 cm³/mol. The number of hydrogen-bond donors (Lipinski definition) is 1. The van der Waals surface area contributed by atoms with Crippen LogP contribution in [0, 0.1) is 12.3 Å².